The molecule has 2 aromatic carbocycles. The molecule has 33 heavy (non-hydrogen) atoms. The minimum Gasteiger partial charge on any atom is -0.462 e. The van der Waals surface area contributed by atoms with E-state index in [0.717, 1.165) is 16.7 Å². The number of thiophene rings is 1. The molecular formula is C25H18N2O5S. The molecule has 0 aliphatic rings. The number of hydrogen-bond donors (Lipinski definition) is 1. The SMILES string of the molecule is CCOC(=O)c1sc(NC(=O)c2ccc(-c3cc4ccccc4oc3=O)cc2)c(C#N)c1C. The van der Waals surface area contributed by atoms with Gasteiger partial charge in [-0.05, 0) is 49.2 Å². The number of nitrogens with zero attached hydrogens (tertiary/aromatic N) is 1. The predicted octanol–water partition coefficient (Wildman–Crippen LogP) is 5.13. The van der Waals surface area contributed by atoms with Gasteiger partial charge in [0, 0.05) is 10.9 Å². The summed E-state index contributed by atoms with van der Waals surface area (Å²) in [5.41, 5.74) is 2.06. The summed E-state index contributed by atoms with van der Waals surface area (Å²) in [6.45, 7) is 3.54. The molecule has 4 aromatic rings. The number of nitriles is 1. The van der Waals surface area contributed by atoms with E-state index in [1.807, 2.05) is 18.2 Å². The molecular weight excluding hydrogens is 440 g/mol. The van der Waals surface area contributed by atoms with E-state index in [2.05, 4.69) is 5.32 Å². The monoisotopic (exact) mass is 458 g/mol. The molecule has 0 bridgehead atoms. The summed E-state index contributed by atoms with van der Waals surface area (Å²) in [7, 11) is 0. The summed E-state index contributed by atoms with van der Waals surface area (Å²) >= 11 is 1.00. The van der Waals surface area contributed by atoms with Crippen LogP contribution in [0.2, 0.25) is 0 Å². The van der Waals surface area contributed by atoms with Crippen molar-refractivity contribution in [3.8, 4) is 17.2 Å². The Bertz CT molecular complexity index is 1480. The zero-order valence-corrected chi connectivity index (χ0v) is 18.6. The van der Waals surface area contributed by atoms with Gasteiger partial charge in [0.05, 0.1) is 17.7 Å². The van der Waals surface area contributed by atoms with Crippen LogP contribution in [0.15, 0.2) is 63.8 Å². The number of fused-ring (bicyclic) bond motifs is 1. The number of ether oxygens (including phenoxy) is 1. The number of carbonyl (C=O) groups excluding carboxylic acids is 2. The van der Waals surface area contributed by atoms with Gasteiger partial charge in [0.1, 0.15) is 21.5 Å². The van der Waals surface area contributed by atoms with Gasteiger partial charge in [-0.1, -0.05) is 30.3 Å². The second-order valence-electron chi connectivity index (χ2n) is 7.11. The third kappa shape index (κ3) is 4.27. The molecule has 0 aliphatic heterocycles. The van der Waals surface area contributed by atoms with E-state index in [0.29, 0.717) is 27.8 Å². The first-order valence-corrected chi connectivity index (χ1v) is 10.9. The Balaban J connectivity index is 1.60. The van der Waals surface area contributed by atoms with Crippen molar-refractivity contribution in [3.05, 3.63) is 86.6 Å². The average molecular weight is 458 g/mol. The van der Waals surface area contributed by atoms with Crippen LogP contribution in [-0.4, -0.2) is 18.5 Å². The molecule has 1 amide bonds. The van der Waals surface area contributed by atoms with Crippen molar-refractivity contribution in [1.29, 1.82) is 5.26 Å². The molecule has 0 saturated heterocycles. The fourth-order valence-corrected chi connectivity index (χ4v) is 4.41. The lowest BCUT2D eigenvalue weighted by atomic mass is 10.0. The first-order chi connectivity index (χ1) is 15.9. The van der Waals surface area contributed by atoms with Crippen molar-refractivity contribution < 1.29 is 18.7 Å². The minimum absolute atomic E-state index is 0.210. The summed E-state index contributed by atoms with van der Waals surface area (Å²) in [5.74, 6) is -0.976. The van der Waals surface area contributed by atoms with Gasteiger partial charge in [-0.2, -0.15) is 5.26 Å². The van der Waals surface area contributed by atoms with Crippen LogP contribution in [0.3, 0.4) is 0 Å². The summed E-state index contributed by atoms with van der Waals surface area (Å²) in [5, 5.41) is 13.3. The van der Waals surface area contributed by atoms with Crippen LogP contribution < -0.4 is 10.9 Å². The number of para-hydroxylation sites is 1. The topological polar surface area (TPSA) is 109 Å². The highest BCUT2D eigenvalue weighted by Crippen LogP contribution is 2.33. The fraction of sp³-hybridized carbons (Fsp3) is 0.120. The molecule has 4 rings (SSSR count). The summed E-state index contributed by atoms with van der Waals surface area (Å²) in [6.07, 6.45) is 0. The van der Waals surface area contributed by atoms with Crippen LogP contribution in [0.5, 0.6) is 0 Å². The van der Waals surface area contributed by atoms with Crippen molar-refractivity contribution >= 4 is 39.2 Å². The number of amides is 1. The van der Waals surface area contributed by atoms with E-state index in [1.165, 1.54) is 0 Å². The largest absolute Gasteiger partial charge is 0.462 e. The first kappa shape index (κ1) is 22.0. The maximum Gasteiger partial charge on any atom is 0.348 e. The molecule has 0 unspecified atom stereocenters. The van der Waals surface area contributed by atoms with Crippen molar-refractivity contribution in [2.24, 2.45) is 0 Å². The molecule has 0 saturated carbocycles. The number of esters is 1. The highest BCUT2D eigenvalue weighted by atomic mass is 32.1. The fourth-order valence-electron chi connectivity index (χ4n) is 3.37. The highest BCUT2D eigenvalue weighted by molar-refractivity contribution is 7.18. The van der Waals surface area contributed by atoms with Crippen molar-refractivity contribution in [2.75, 3.05) is 11.9 Å². The lowest BCUT2D eigenvalue weighted by molar-refractivity contribution is 0.0531. The van der Waals surface area contributed by atoms with E-state index in [1.54, 1.807) is 56.3 Å². The molecule has 2 aromatic heterocycles. The van der Waals surface area contributed by atoms with Gasteiger partial charge in [-0.3, -0.25) is 4.79 Å². The third-order valence-corrected chi connectivity index (χ3v) is 6.23. The van der Waals surface area contributed by atoms with Gasteiger partial charge >= 0.3 is 11.6 Å². The maximum absolute atomic E-state index is 12.8. The Morgan fingerprint density at radius 3 is 2.58 bits per heavy atom. The molecule has 0 atom stereocenters. The molecule has 164 valence electrons. The van der Waals surface area contributed by atoms with Crippen molar-refractivity contribution in [1.82, 2.24) is 0 Å². The standard InChI is InChI=1S/C25H18N2O5S/c1-3-31-25(30)21-14(2)19(13-26)23(33-21)27-22(28)16-10-8-15(9-11-16)18-12-17-6-4-5-7-20(17)32-24(18)29/h4-12H,3H2,1-2H3,(H,27,28). The van der Waals surface area contributed by atoms with Crippen LogP contribution in [0.4, 0.5) is 5.00 Å². The Hall–Kier alpha value is -4.22. The Kier molecular flexibility index (Phi) is 6.07. The van der Waals surface area contributed by atoms with E-state index >= 15 is 0 Å². The second-order valence-corrected chi connectivity index (χ2v) is 8.13. The molecule has 8 heteroatoms. The molecule has 1 N–H and O–H groups in total. The summed E-state index contributed by atoms with van der Waals surface area (Å²) < 4.78 is 10.4. The van der Waals surface area contributed by atoms with E-state index in [4.69, 9.17) is 9.15 Å². The lowest BCUT2D eigenvalue weighted by Crippen LogP contribution is -2.11. The van der Waals surface area contributed by atoms with Gasteiger partial charge in [0.15, 0.2) is 0 Å². The van der Waals surface area contributed by atoms with Crippen LogP contribution in [0.25, 0.3) is 22.1 Å². The molecule has 0 spiro atoms. The number of hydrogen-bond acceptors (Lipinski definition) is 7. The molecule has 0 radical (unpaired) electrons. The normalized spacial score (nSPS) is 10.6. The maximum atomic E-state index is 12.8. The molecule has 7 nitrogen and oxygen atoms in total. The van der Waals surface area contributed by atoms with Crippen LogP contribution >= 0.6 is 11.3 Å². The predicted molar refractivity (Wildman–Crippen MR) is 126 cm³/mol. The van der Waals surface area contributed by atoms with E-state index in [9.17, 15) is 19.6 Å². The van der Waals surface area contributed by atoms with Gasteiger partial charge in [-0.25, -0.2) is 9.59 Å². The molecule has 0 fully saturated rings. The van der Waals surface area contributed by atoms with E-state index < -0.39 is 17.5 Å². The number of benzene rings is 2. The van der Waals surface area contributed by atoms with Gasteiger partial charge in [-0.15, -0.1) is 11.3 Å². The summed E-state index contributed by atoms with van der Waals surface area (Å²) in [4.78, 5) is 37.6. The second kappa shape index (κ2) is 9.10. The molecule has 0 aliphatic carbocycles. The van der Waals surface area contributed by atoms with Crippen molar-refractivity contribution in [3.63, 3.8) is 0 Å². The zero-order chi connectivity index (χ0) is 23.5. The Morgan fingerprint density at radius 1 is 1.15 bits per heavy atom. The summed E-state index contributed by atoms with van der Waals surface area (Å²) in [6, 6.07) is 17.5. The van der Waals surface area contributed by atoms with Gasteiger partial charge in [0.2, 0.25) is 0 Å². The first-order valence-electron chi connectivity index (χ1n) is 10.1. The third-order valence-electron chi connectivity index (χ3n) is 5.05. The Labute approximate surface area is 192 Å². The van der Waals surface area contributed by atoms with Crippen LogP contribution in [-0.2, 0) is 4.74 Å². The number of rotatable bonds is 5. The number of carbonyl (C=O) groups is 2. The van der Waals surface area contributed by atoms with Gasteiger partial charge in [0.25, 0.3) is 5.91 Å². The van der Waals surface area contributed by atoms with Gasteiger partial charge < -0.3 is 14.5 Å². The smallest absolute Gasteiger partial charge is 0.348 e. The quantitative estimate of drug-likeness (QED) is 0.328. The van der Waals surface area contributed by atoms with E-state index in [-0.39, 0.29) is 22.0 Å². The molecule has 2 heterocycles. The van der Waals surface area contributed by atoms with Crippen LogP contribution in [0.1, 0.15) is 38.1 Å². The highest BCUT2D eigenvalue weighted by Gasteiger charge is 2.22. The minimum atomic E-state index is -0.532. The number of anilines is 1. The number of nitrogens with one attached hydrogen (secondary N) is 1. The average Bonchev–Trinajstić information content (AvgIpc) is 3.13. The lowest BCUT2D eigenvalue weighted by Gasteiger charge is -2.06. The Morgan fingerprint density at radius 2 is 1.88 bits per heavy atom. The zero-order valence-electron chi connectivity index (χ0n) is 17.8. The van der Waals surface area contributed by atoms with Crippen molar-refractivity contribution in [2.45, 2.75) is 13.8 Å². The van der Waals surface area contributed by atoms with Crippen LogP contribution in [0, 0.1) is 18.3 Å².